The van der Waals surface area contributed by atoms with Crippen molar-refractivity contribution < 1.29 is 32.3 Å². The number of nitrogens with zero attached hydrogens (tertiary/aromatic N) is 1. The van der Waals surface area contributed by atoms with Crippen LogP contribution in [0.4, 0.5) is 13.2 Å². The minimum absolute atomic E-state index is 0.00561. The van der Waals surface area contributed by atoms with E-state index in [-0.39, 0.29) is 36.3 Å². The molecule has 3 aliphatic rings. The fraction of sp³-hybridized carbons (Fsp3) is 0.600. The lowest BCUT2D eigenvalue weighted by molar-refractivity contribution is -0.149. The van der Waals surface area contributed by atoms with Gasteiger partial charge >= 0.3 is 0 Å². The molecule has 10 heteroatoms. The van der Waals surface area contributed by atoms with Crippen molar-refractivity contribution in [2.45, 2.75) is 56.8 Å². The van der Waals surface area contributed by atoms with Crippen LogP contribution in [0, 0.1) is 23.6 Å². The number of hydrogen-bond donors (Lipinski definition) is 2. The maximum Gasteiger partial charge on any atom is 0.265 e. The fourth-order valence-corrected chi connectivity index (χ4v) is 5.80. The number of rotatable bonds is 8. The number of ketones is 1. The second-order valence-corrected chi connectivity index (χ2v) is 9.94. The predicted octanol–water partition coefficient (Wildman–Crippen LogP) is 2.19. The molecule has 2 heterocycles. The summed E-state index contributed by atoms with van der Waals surface area (Å²) in [5.74, 6) is -4.17. The number of fused-ring (bicyclic) bond motifs is 1. The lowest BCUT2D eigenvalue weighted by atomic mass is 9.91. The molecule has 4 rings (SSSR count). The van der Waals surface area contributed by atoms with Gasteiger partial charge in [0.2, 0.25) is 17.5 Å². The van der Waals surface area contributed by atoms with E-state index in [1.54, 1.807) is 0 Å². The molecule has 1 aromatic rings. The summed E-state index contributed by atoms with van der Waals surface area (Å²) in [6, 6.07) is 2.46. The highest BCUT2D eigenvalue weighted by Crippen LogP contribution is 2.44. The van der Waals surface area contributed by atoms with Crippen LogP contribution in [-0.2, 0) is 24.8 Å². The Hall–Kier alpha value is -2.91. The third-order valence-corrected chi connectivity index (χ3v) is 7.71. The van der Waals surface area contributed by atoms with Gasteiger partial charge in [0.1, 0.15) is 18.5 Å². The summed E-state index contributed by atoms with van der Waals surface area (Å²) in [6.45, 7) is 0.350. The van der Waals surface area contributed by atoms with E-state index < -0.39 is 53.8 Å². The van der Waals surface area contributed by atoms with Gasteiger partial charge in [-0.05, 0) is 56.6 Å². The van der Waals surface area contributed by atoms with E-state index in [1.807, 2.05) is 0 Å². The maximum atomic E-state index is 15.8. The van der Waals surface area contributed by atoms with Gasteiger partial charge in [0.15, 0.2) is 5.78 Å². The maximum absolute atomic E-state index is 15.8. The number of amides is 3. The molecule has 3 amide bonds. The molecule has 0 spiro atoms. The van der Waals surface area contributed by atoms with Crippen LogP contribution in [0.25, 0.3) is 0 Å². The molecular formula is C25H30F3N3O4. The van der Waals surface area contributed by atoms with E-state index >= 15 is 4.39 Å². The third kappa shape index (κ3) is 4.92. The second kappa shape index (κ2) is 9.99. The lowest BCUT2D eigenvalue weighted by Crippen LogP contribution is -2.55. The number of Topliss-reactive ketones (excluding diaryl/α,β-unsaturated/α-hetero) is 1. The summed E-state index contributed by atoms with van der Waals surface area (Å²) in [5, 5.41) is 5.22. The van der Waals surface area contributed by atoms with Crippen molar-refractivity contribution in [3.8, 4) is 0 Å². The molecule has 2 N–H and O–H groups in total. The van der Waals surface area contributed by atoms with Crippen molar-refractivity contribution in [1.82, 2.24) is 15.5 Å². The number of likely N-dealkylation sites (tertiary alicyclic amines) is 1. The Kier molecular flexibility index (Phi) is 7.19. The first kappa shape index (κ1) is 25.2. The molecule has 0 radical (unpaired) electrons. The van der Waals surface area contributed by atoms with Gasteiger partial charge in [-0.25, -0.2) is 13.2 Å². The molecule has 0 aromatic heterocycles. The van der Waals surface area contributed by atoms with E-state index in [2.05, 4.69) is 10.6 Å². The Bertz CT molecular complexity index is 1020. The zero-order valence-corrected chi connectivity index (χ0v) is 19.6. The molecule has 2 aliphatic heterocycles. The van der Waals surface area contributed by atoms with Crippen molar-refractivity contribution >= 4 is 23.5 Å². The molecule has 0 unspecified atom stereocenters. The van der Waals surface area contributed by atoms with Gasteiger partial charge in [0.25, 0.3) is 5.91 Å². The molecule has 6 atom stereocenters. The van der Waals surface area contributed by atoms with Gasteiger partial charge in [0.05, 0.1) is 6.04 Å². The molecule has 2 saturated heterocycles. The van der Waals surface area contributed by atoms with Gasteiger partial charge in [-0.3, -0.25) is 19.2 Å². The molecule has 3 fully saturated rings. The summed E-state index contributed by atoms with van der Waals surface area (Å²) < 4.78 is 42.8. The monoisotopic (exact) mass is 493 g/mol. The average molecular weight is 494 g/mol. The van der Waals surface area contributed by atoms with E-state index in [9.17, 15) is 28.0 Å². The zero-order chi connectivity index (χ0) is 25.3. The molecular weight excluding hydrogens is 463 g/mol. The zero-order valence-electron chi connectivity index (χ0n) is 19.6. The summed E-state index contributed by atoms with van der Waals surface area (Å²) in [6.07, 6.45) is 2.71. The summed E-state index contributed by atoms with van der Waals surface area (Å²) in [7, 11) is 0. The van der Waals surface area contributed by atoms with Crippen LogP contribution in [0.1, 0.15) is 44.6 Å². The molecule has 1 saturated carbocycles. The Morgan fingerprint density at radius 3 is 2.69 bits per heavy atom. The minimum atomic E-state index is -2.57. The second-order valence-electron chi connectivity index (χ2n) is 9.94. The fourth-order valence-electron chi connectivity index (χ4n) is 5.80. The Morgan fingerprint density at radius 2 is 2.03 bits per heavy atom. The van der Waals surface area contributed by atoms with Gasteiger partial charge in [-0.1, -0.05) is 18.6 Å². The smallest absolute Gasteiger partial charge is 0.265 e. The van der Waals surface area contributed by atoms with Crippen molar-refractivity contribution in [2.24, 2.45) is 17.8 Å². The normalized spacial score (nSPS) is 28.2. The Balaban J connectivity index is 1.57. The molecule has 1 aliphatic carbocycles. The highest BCUT2D eigenvalue weighted by atomic mass is 19.1. The number of halogens is 3. The summed E-state index contributed by atoms with van der Waals surface area (Å²) in [5.41, 5.74) is -2.73. The minimum Gasteiger partial charge on any atom is -0.356 e. The molecule has 190 valence electrons. The number of nitrogens with one attached hydrogen (secondary N) is 2. The Morgan fingerprint density at radius 1 is 1.26 bits per heavy atom. The van der Waals surface area contributed by atoms with Crippen LogP contribution in [-0.4, -0.2) is 60.3 Å². The van der Waals surface area contributed by atoms with Crippen LogP contribution in [0.3, 0.4) is 0 Å². The largest absolute Gasteiger partial charge is 0.356 e. The third-order valence-electron chi connectivity index (χ3n) is 7.71. The highest BCUT2D eigenvalue weighted by molar-refractivity contribution is 5.96. The predicted molar refractivity (Wildman–Crippen MR) is 120 cm³/mol. The van der Waals surface area contributed by atoms with Gasteiger partial charge in [0, 0.05) is 24.6 Å². The number of hydrogen-bond acceptors (Lipinski definition) is 4. The van der Waals surface area contributed by atoms with Gasteiger partial charge in [-0.2, -0.15) is 0 Å². The van der Waals surface area contributed by atoms with Crippen LogP contribution < -0.4 is 10.6 Å². The van der Waals surface area contributed by atoms with Gasteiger partial charge in [-0.15, -0.1) is 0 Å². The highest BCUT2D eigenvalue weighted by Gasteiger charge is 2.53. The van der Waals surface area contributed by atoms with Crippen molar-refractivity contribution in [2.75, 3.05) is 19.8 Å². The first-order chi connectivity index (χ1) is 16.6. The SMILES string of the molecule is C[C@@](F)(C(=O)N1C[C@@H]2CCC[C@@H]2[C@H]1C(=O)N[C@@H](C[C@H]1CCNC1=O)C(=O)CF)c1cccc(F)c1. The first-order valence-electron chi connectivity index (χ1n) is 12.1. The molecule has 0 bridgehead atoms. The topological polar surface area (TPSA) is 95.6 Å². The molecule has 1 aromatic carbocycles. The quantitative estimate of drug-likeness (QED) is 0.581. The molecule has 35 heavy (non-hydrogen) atoms. The van der Waals surface area contributed by atoms with Crippen LogP contribution in [0.2, 0.25) is 0 Å². The van der Waals surface area contributed by atoms with Crippen molar-refractivity contribution in [1.29, 1.82) is 0 Å². The average Bonchev–Trinajstić information content (AvgIpc) is 3.53. The lowest BCUT2D eigenvalue weighted by Gasteiger charge is -2.33. The van der Waals surface area contributed by atoms with Crippen LogP contribution in [0.5, 0.6) is 0 Å². The van der Waals surface area contributed by atoms with E-state index in [0.717, 1.165) is 31.9 Å². The van der Waals surface area contributed by atoms with Crippen LogP contribution >= 0.6 is 0 Å². The number of benzene rings is 1. The van der Waals surface area contributed by atoms with E-state index in [1.165, 1.54) is 17.0 Å². The molecule has 7 nitrogen and oxygen atoms in total. The summed E-state index contributed by atoms with van der Waals surface area (Å²) in [4.78, 5) is 52.3. The standard InChI is InChI=1S/C25H30F3N3O4/c1-25(28,16-5-3-6-17(27)11-16)24(35)31-13-15-4-2-7-18(15)21(31)23(34)30-19(20(32)12-26)10-14-8-9-29-22(14)33/h3,5-6,11,14-15,18-19,21H,2,4,7-10,12-13H2,1H3,(H,29,33)(H,30,34)/t14-,15+,18+,19+,21+,25+/m1/s1. The van der Waals surface area contributed by atoms with E-state index in [4.69, 9.17) is 0 Å². The Labute approximate surface area is 201 Å². The van der Waals surface area contributed by atoms with Crippen LogP contribution in [0.15, 0.2) is 24.3 Å². The van der Waals surface area contributed by atoms with Gasteiger partial charge < -0.3 is 15.5 Å². The summed E-state index contributed by atoms with van der Waals surface area (Å²) >= 11 is 0. The van der Waals surface area contributed by atoms with E-state index in [0.29, 0.717) is 19.4 Å². The van der Waals surface area contributed by atoms with Crippen molar-refractivity contribution in [3.05, 3.63) is 35.6 Å². The number of alkyl halides is 2. The van der Waals surface area contributed by atoms with Crippen molar-refractivity contribution in [3.63, 3.8) is 0 Å². The number of carbonyl (C=O) groups is 4. The number of carbonyl (C=O) groups excluding carboxylic acids is 4. The first-order valence-corrected chi connectivity index (χ1v) is 12.1.